The van der Waals surface area contributed by atoms with Crippen LogP contribution in [0.15, 0.2) is 103 Å². The fourth-order valence-corrected chi connectivity index (χ4v) is 14.1. The number of ether oxygens (including phenoxy) is 2. The summed E-state index contributed by atoms with van der Waals surface area (Å²) >= 11 is 0. The first-order chi connectivity index (χ1) is 37.6. The van der Waals surface area contributed by atoms with Crippen molar-refractivity contribution in [3.05, 3.63) is 94.4 Å². The molecule has 1 saturated heterocycles. The summed E-state index contributed by atoms with van der Waals surface area (Å²) in [5, 5.41) is 11.4. The number of aliphatic hydroxyl groups is 1. The van der Waals surface area contributed by atoms with Gasteiger partial charge in [-0.2, -0.15) is 4.58 Å². The molecule has 3 heterocycles. The molecule has 26 nitrogen and oxygen atoms in total. The van der Waals surface area contributed by atoms with E-state index in [2.05, 4.69) is 0 Å². The number of imide groups is 1. The minimum absolute atomic E-state index is 0.0176. The van der Waals surface area contributed by atoms with Crippen molar-refractivity contribution in [2.75, 3.05) is 50.7 Å². The van der Waals surface area contributed by atoms with E-state index in [9.17, 15) is 89.1 Å². The van der Waals surface area contributed by atoms with Gasteiger partial charge < -0.3 is 47.1 Å². The molecule has 1 fully saturated rings. The van der Waals surface area contributed by atoms with E-state index in [4.69, 9.17) is 14.3 Å². The van der Waals surface area contributed by atoms with Gasteiger partial charge in [-0.1, -0.05) is 6.07 Å². The van der Waals surface area contributed by atoms with Crippen molar-refractivity contribution < 1.29 is 108 Å². The Bertz CT molecular complexity index is 4140. The lowest BCUT2D eigenvalue weighted by Crippen LogP contribution is -2.35. The smallest absolute Gasteiger partial charge is 0.333 e. The zero-order valence-electron chi connectivity index (χ0n) is 43.3. The highest BCUT2D eigenvalue weighted by molar-refractivity contribution is 7.87. The lowest BCUT2D eigenvalue weighted by atomic mass is 9.72. The molecule has 0 saturated carbocycles. The van der Waals surface area contributed by atoms with Crippen LogP contribution in [-0.2, 0) is 94.9 Å². The quantitative estimate of drug-likeness (QED) is 0.0388. The van der Waals surface area contributed by atoms with E-state index in [1.165, 1.54) is 55.0 Å². The van der Waals surface area contributed by atoms with Crippen LogP contribution in [0.25, 0.3) is 21.5 Å². The fourth-order valence-electron chi connectivity index (χ4n) is 11.0. The summed E-state index contributed by atoms with van der Waals surface area (Å²) in [6.45, 7) is 4.52. The molecule has 4 aliphatic rings. The Hall–Kier alpha value is -6.36. The molecule has 436 valence electrons. The number of hydroxylamine groups is 2. The Balaban J connectivity index is 1.34. The van der Waals surface area contributed by atoms with Gasteiger partial charge in [-0.05, 0) is 104 Å². The number of nitrogens with zero attached hydrogens (tertiary/aromatic N) is 3. The summed E-state index contributed by atoms with van der Waals surface area (Å²) in [6, 6.07) is 7.68. The average molecular weight is 1220 g/mol. The van der Waals surface area contributed by atoms with Crippen LogP contribution >= 0.6 is 0 Å². The predicted octanol–water partition coefficient (Wildman–Crippen LogP) is 2.73. The molecule has 4 aromatic carbocycles. The van der Waals surface area contributed by atoms with Crippen LogP contribution in [0.5, 0.6) is 0 Å². The molecule has 31 heteroatoms. The van der Waals surface area contributed by atoms with Crippen LogP contribution in [0.1, 0.15) is 76.8 Å². The molecule has 0 bridgehead atoms. The molecule has 8 rings (SSSR count). The maximum absolute atomic E-state index is 14.8. The summed E-state index contributed by atoms with van der Waals surface area (Å²) in [6.07, 6.45) is 0.695. The lowest BCUT2D eigenvalue weighted by molar-refractivity contribution is -0.438. The first-order valence-corrected chi connectivity index (χ1v) is 31.8. The van der Waals surface area contributed by atoms with E-state index in [0.29, 0.717) is 17.2 Å². The molecule has 3 aliphatic heterocycles. The molecule has 0 spiro atoms. The number of likely N-dealkylation sites (N-methyl/N-ethyl adjacent to an activating group) is 1. The Morgan fingerprint density at radius 2 is 1.27 bits per heavy atom. The van der Waals surface area contributed by atoms with E-state index in [1.807, 2.05) is 0 Å². The molecule has 1 aliphatic carbocycles. The third-order valence-corrected chi connectivity index (χ3v) is 18.9. The lowest BCUT2D eigenvalue weighted by Gasteiger charge is -2.32. The standard InChI is InChI=1S/C50H53N3O23S5/c1-5-51-36-11-9-30-32(22-28(78(62,63)64)24-38(30)80(68,69)70)45(36)49(2,15-7-21-77(59,60)61)40(51)26-34-47(57)35(48(34)58)27-41-50(3,16-18-75-20-19-74-4)46-33-23-29(79(65,66)67)25-39(81(71,72)73)31(33)10-12-37(46)52(41)17-6-8-44(56)76-53-42(54)13-14-43(53)55/h9-12,22-27H,5-8,13-21H2,1-4H3,(H5-,57,58,59,60,61,62,63,64,65,66,67,68,69,70,71,72,73)/p-4. The van der Waals surface area contributed by atoms with E-state index >= 15 is 0 Å². The molecule has 4 aromatic rings. The number of carbonyl (C=O) groups is 4. The number of fused-ring (bicyclic) bond motifs is 6. The fraction of sp³-hybridized carbons (Fsp3) is 0.380. The third-order valence-electron chi connectivity index (χ3n) is 14.7. The molecular weight excluding hydrogens is 1170 g/mol. The number of rotatable bonds is 22. The van der Waals surface area contributed by atoms with Gasteiger partial charge in [0, 0.05) is 85.2 Å². The Morgan fingerprint density at radius 3 is 1.79 bits per heavy atom. The predicted molar refractivity (Wildman–Crippen MR) is 276 cm³/mol. The molecule has 1 N–H and O–H groups in total. The number of allylic oxidation sites excluding steroid dienone is 5. The second-order valence-corrected chi connectivity index (χ2v) is 26.7. The number of carbonyl (C=O) groups excluding carboxylic acids is 4. The number of amides is 2. The van der Waals surface area contributed by atoms with Crippen molar-refractivity contribution >= 4 is 113 Å². The van der Waals surface area contributed by atoms with Gasteiger partial charge in [0.1, 0.15) is 52.8 Å². The maximum Gasteiger partial charge on any atom is 0.333 e. The summed E-state index contributed by atoms with van der Waals surface area (Å²) in [7, 11) is -25.4. The second kappa shape index (κ2) is 21.8. The van der Waals surface area contributed by atoms with Gasteiger partial charge in [0.25, 0.3) is 11.8 Å². The highest BCUT2D eigenvalue weighted by Crippen LogP contribution is 2.55. The van der Waals surface area contributed by atoms with Crippen LogP contribution in [0.2, 0.25) is 0 Å². The van der Waals surface area contributed by atoms with Crippen molar-refractivity contribution in [2.24, 2.45) is 0 Å². The molecule has 81 heavy (non-hydrogen) atoms. The van der Waals surface area contributed by atoms with Crippen LogP contribution in [0.4, 0.5) is 11.4 Å². The number of Topliss-reactive ketones (excluding diaryl/α,β-unsaturated/α-hetero) is 1. The van der Waals surface area contributed by atoms with Gasteiger partial charge >= 0.3 is 5.97 Å². The molecule has 2 unspecified atom stereocenters. The van der Waals surface area contributed by atoms with Crippen molar-refractivity contribution in [1.29, 1.82) is 0 Å². The number of anilines is 1. The Labute approximate surface area is 464 Å². The molecule has 0 aromatic heterocycles. The summed E-state index contributed by atoms with van der Waals surface area (Å²) in [5.74, 6) is -4.99. The number of aliphatic hydroxyl groups excluding tert-OH is 1. The topological polar surface area (TPSA) is 412 Å². The normalized spacial score (nSPS) is 20.9. The van der Waals surface area contributed by atoms with Crippen LogP contribution in [0.3, 0.4) is 0 Å². The minimum Gasteiger partial charge on any atom is -0.748 e. The van der Waals surface area contributed by atoms with Gasteiger partial charge in [0.15, 0.2) is 5.71 Å². The maximum atomic E-state index is 14.8. The number of hydrogen-bond donors (Lipinski definition) is 1. The average Bonchev–Trinajstić information content (AvgIpc) is 2.95. The Kier molecular flexibility index (Phi) is 16.3. The van der Waals surface area contributed by atoms with Crippen LogP contribution < -0.4 is 4.90 Å². The van der Waals surface area contributed by atoms with E-state index < -0.39 is 129 Å². The van der Waals surface area contributed by atoms with E-state index in [1.54, 1.807) is 18.7 Å². The first-order valence-electron chi connectivity index (χ1n) is 24.5. The molecule has 0 radical (unpaired) electrons. The van der Waals surface area contributed by atoms with Gasteiger partial charge in [-0.25, -0.2) is 46.9 Å². The van der Waals surface area contributed by atoms with Crippen molar-refractivity contribution in [1.82, 2.24) is 5.06 Å². The van der Waals surface area contributed by atoms with E-state index in [-0.39, 0.29) is 132 Å². The van der Waals surface area contributed by atoms with Crippen LogP contribution in [-0.4, -0.2) is 155 Å². The second-order valence-electron chi connectivity index (χ2n) is 19.8. The number of hydrogen-bond acceptors (Lipinski definition) is 24. The van der Waals surface area contributed by atoms with Crippen molar-refractivity contribution in [3.63, 3.8) is 0 Å². The molecular formula is C50H49N3O23S5-4. The number of benzene rings is 4. The summed E-state index contributed by atoms with van der Waals surface area (Å²) < 4.78 is 200. The summed E-state index contributed by atoms with van der Waals surface area (Å²) in [5.41, 5.74) is -3.26. The number of methoxy groups -OCH3 is 1. The zero-order chi connectivity index (χ0) is 59.7. The van der Waals surface area contributed by atoms with Gasteiger partial charge in [-0.15, -0.1) is 5.06 Å². The van der Waals surface area contributed by atoms with Gasteiger partial charge in [0.2, 0.25) is 11.5 Å². The Morgan fingerprint density at radius 1 is 0.704 bits per heavy atom. The van der Waals surface area contributed by atoms with Crippen LogP contribution in [0, 0.1) is 0 Å². The highest BCUT2D eigenvalue weighted by Gasteiger charge is 2.52. The molecule has 2 amide bonds. The minimum atomic E-state index is -5.51. The number of ketones is 1. The highest BCUT2D eigenvalue weighted by atomic mass is 32.2. The SMILES string of the molecule is CCN1/C(=C/C2=C(O)C(=C/C3=[N+](CCCC(=O)ON4C(=O)CCC4=O)c4ccc5c(S(=O)(=O)[O-])cc(S(=O)(=O)[O-])cc5c4C3(C)CCOCCOC)/C2=O)C(C)(CCCS(=O)(=O)[O-])c2c1ccc1c(S(=O)(=O)[O-])cc(S(=O)(=O)[O-])cc21. The first kappa shape index (κ1) is 60.7. The third kappa shape index (κ3) is 11.6. The zero-order valence-corrected chi connectivity index (χ0v) is 47.4. The van der Waals surface area contributed by atoms with Crippen molar-refractivity contribution in [3.8, 4) is 0 Å². The van der Waals surface area contributed by atoms with E-state index in [0.717, 1.165) is 12.1 Å². The van der Waals surface area contributed by atoms with Crippen molar-refractivity contribution in [2.45, 2.75) is 96.1 Å². The monoisotopic (exact) mass is 1220 g/mol. The largest absolute Gasteiger partial charge is 0.748 e. The molecule has 2 atom stereocenters. The summed E-state index contributed by atoms with van der Waals surface area (Å²) in [4.78, 5) is 54.7. The van der Waals surface area contributed by atoms with Gasteiger partial charge in [0.05, 0.1) is 65.9 Å². The van der Waals surface area contributed by atoms with Gasteiger partial charge in [-0.3, -0.25) is 14.4 Å².